The van der Waals surface area contributed by atoms with E-state index >= 15 is 0 Å². The number of carbonyl (C=O) groups is 1. The normalized spacial score (nSPS) is 10.6. The van der Waals surface area contributed by atoms with E-state index in [9.17, 15) is 4.79 Å². The summed E-state index contributed by atoms with van der Waals surface area (Å²) in [6.45, 7) is 1.89. The number of aldehydes is 1. The second-order valence-electron chi connectivity index (χ2n) is 4.27. The number of methoxy groups -OCH3 is 2. The van der Waals surface area contributed by atoms with Crippen molar-refractivity contribution in [1.82, 2.24) is 0 Å². The summed E-state index contributed by atoms with van der Waals surface area (Å²) >= 11 is 2.07. The first-order valence-corrected chi connectivity index (χ1v) is 7.98. The Morgan fingerprint density at radius 3 is 2.13 bits per heavy atom. The van der Waals surface area contributed by atoms with Crippen molar-refractivity contribution < 1.29 is 33.2 Å². The summed E-state index contributed by atoms with van der Waals surface area (Å²) in [5, 5.41) is 0. The summed E-state index contributed by atoms with van der Waals surface area (Å²) in [5.74, 6) is 0.927. The fraction of sp³-hybridized carbons (Fsp3) is 0.533. The van der Waals surface area contributed by atoms with E-state index in [1.165, 1.54) is 0 Å². The Labute approximate surface area is 149 Å². The van der Waals surface area contributed by atoms with E-state index < -0.39 is 0 Å². The van der Waals surface area contributed by atoms with E-state index in [1.807, 2.05) is 0 Å². The quantitative estimate of drug-likeness (QED) is 0.201. The van der Waals surface area contributed by atoms with Gasteiger partial charge in [0, 0.05) is 19.8 Å². The molecule has 0 aliphatic heterocycles. The number of rotatable bonds is 13. The van der Waals surface area contributed by atoms with E-state index in [4.69, 9.17) is 28.4 Å². The van der Waals surface area contributed by atoms with Gasteiger partial charge >= 0.3 is 0 Å². The van der Waals surface area contributed by atoms with Gasteiger partial charge in [0.25, 0.3) is 0 Å². The number of halogens is 1. The predicted molar refractivity (Wildman–Crippen MR) is 91.2 cm³/mol. The lowest BCUT2D eigenvalue weighted by Crippen LogP contribution is -2.11. The van der Waals surface area contributed by atoms with Gasteiger partial charge in [-0.1, -0.05) is 0 Å². The molecule has 7 nitrogen and oxygen atoms in total. The minimum Gasteiger partial charge on any atom is -0.464 e. The van der Waals surface area contributed by atoms with Crippen LogP contribution in [0.5, 0.6) is 11.5 Å². The lowest BCUT2D eigenvalue weighted by atomic mass is 10.2. The highest BCUT2D eigenvalue weighted by Crippen LogP contribution is 2.33. The molecule has 0 fully saturated rings. The Kier molecular flexibility index (Phi) is 10.9. The first kappa shape index (κ1) is 20.1. The molecule has 1 aromatic rings. The zero-order valence-corrected chi connectivity index (χ0v) is 15.4. The molecular formula is C15H21IO7. The molecule has 8 heteroatoms. The highest BCUT2D eigenvalue weighted by atomic mass is 127. The largest absolute Gasteiger partial charge is 0.464 e. The van der Waals surface area contributed by atoms with Crippen molar-refractivity contribution in [3.8, 4) is 11.5 Å². The molecule has 0 saturated heterocycles. The van der Waals surface area contributed by atoms with Gasteiger partial charge < -0.3 is 28.4 Å². The van der Waals surface area contributed by atoms with Crippen molar-refractivity contribution in [2.24, 2.45) is 0 Å². The van der Waals surface area contributed by atoms with Gasteiger partial charge in [-0.3, -0.25) is 4.79 Å². The van der Waals surface area contributed by atoms with Gasteiger partial charge in [0.1, 0.15) is 6.29 Å². The molecule has 0 aliphatic carbocycles. The summed E-state index contributed by atoms with van der Waals surface area (Å²) in [6.07, 6.45) is 0.750. The molecule has 1 aromatic carbocycles. The molecule has 1 rings (SSSR count). The van der Waals surface area contributed by atoms with Gasteiger partial charge in [0.2, 0.25) is 0 Å². The van der Waals surface area contributed by atoms with Crippen molar-refractivity contribution in [2.45, 2.75) is 0 Å². The fourth-order valence-corrected chi connectivity index (χ4v) is 2.29. The average molecular weight is 440 g/mol. The van der Waals surface area contributed by atoms with E-state index in [2.05, 4.69) is 22.6 Å². The van der Waals surface area contributed by atoms with Gasteiger partial charge in [-0.15, -0.1) is 0 Å². The van der Waals surface area contributed by atoms with Crippen LogP contribution in [-0.4, -0.2) is 60.5 Å². The van der Waals surface area contributed by atoms with Crippen LogP contribution in [0.25, 0.3) is 0 Å². The minimum atomic E-state index is 0.0304. The summed E-state index contributed by atoms with van der Waals surface area (Å²) in [7, 11) is 3.19. The van der Waals surface area contributed by atoms with Crippen LogP contribution in [0.3, 0.4) is 0 Å². The fourth-order valence-electron chi connectivity index (χ4n) is 1.51. The van der Waals surface area contributed by atoms with E-state index in [0.717, 1.165) is 9.86 Å². The topological polar surface area (TPSA) is 72.5 Å². The zero-order chi connectivity index (χ0) is 16.9. The number of hydrogen-bond donors (Lipinski definition) is 0. The third-order valence-corrected chi connectivity index (χ3v) is 3.42. The molecule has 0 bridgehead atoms. The molecule has 0 atom stereocenters. The lowest BCUT2D eigenvalue weighted by molar-refractivity contribution is -0.0210. The minimum absolute atomic E-state index is 0.0304. The van der Waals surface area contributed by atoms with Crippen molar-refractivity contribution in [3.05, 3.63) is 21.3 Å². The van der Waals surface area contributed by atoms with Crippen LogP contribution in [0.2, 0.25) is 0 Å². The monoisotopic (exact) mass is 440 g/mol. The van der Waals surface area contributed by atoms with Crippen LogP contribution >= 0.6 is 22.6 Å². The Bertz CT molecular complexity index is 467. The third kappa shape index (κ3) is 7.93. The maximum atomic E-state index is 11.0. The predicted octanol–water partition coefficient (Wildman–Crippen LogP) is 2.10. The van der Waals surface area contributed by atoms with Crippen LogP contribution in [0.4, 0.5) is 0 Å². The van der Waals surface area contributed by atoms with Gasteiger partial charge in [0.05, 0.1) is 30.0 Å². The molecule has 0 spiro atoms. The Morgan fingerprint density at radius 1 is 0.957 bits per heavy atom. The summed E-state index contributed by atoms with van der Waals surface area (Å²) < 4.78 is 32.2. The van der Waals surface area contributed by atoms with E-state index in [-0.39, 0.29) is 13.6 Å². The number of carbonyl (C=O) groups excluding carboxylic acids is 1. The van der Waals surface area contributed by atoms with Crippen LogP contribution in [-0.2, 0) is 18.9 Å². The van der Waals surface area contributed by atoms with Crippen molar-refractivity contribution in [1.29, 1.82) is 0 Å². The number of ether oxygens (including phenoxy) is 6. The van der Waals surface area contributed by atoms with Crippen LogP contribution in [0, 0.1) is 3.57 Å². The van der Waals surface area contributed by atoms with Crippen LogP contribution < -0.4 is 9.47 Å². The molecule has 0 aliphatic rings. The Balaban J connectivity index is 2.63. The van der Waals surface area contributed by atoms with Gasteiger partial charge in [0.15, 0.2) is 25.1 Å². The van der Waals surface area contributed by atoms with Crippen LogP contribution in [0.1, 0.15) is 10.4 Å². The number of benzene rings is 1. The first-order valence-electron chi connectivity index (χ1n) is 6.90. The maximum absolute atomic E-state index is 11.0. The van der Waals surface area contributed by atoms with Gasteiger partial charge in [-0.25, -0.2) is 0 Å². The summed E-state index contributed by atoms with van der Waals surface area (Å²) in [5.41, 5.74) is 0.494. The highest BCUT2D eigenvalue weighted by molar-refractivity contribution is 14.1. The molecule has 0 amide bonds. The van der Waals surface area contributed by atoms with Crippen molar-refractivity contribution in [3.63, 3.8) is 0 Å². The molecule has 0 heterocycles. The van der Waals surface area contributed by atoms with E-state index in [0.29, 0.717) is 43.5 Å². The number of hydrogen-bond acceptors (Lipinski definition) is 7. The van der Waals surface area contributed by atoms with Crippen molar-refractivity contribution >= 4 is 28.9 Å². The van der Waals surface area contributed by atoms with Crippen LogP contribution in [0.15, 0.2) is 12.1 Å². The lowest BCUT2D eigenvalue weighted by Gasteiger charge is -2.15. The molecule has 0 radical (unpaired) electrons. The highest BCUT2D eigenvalue weighted by Gasteiger charge is 2.12. The Hall–Kier alpha value is -0.940. The van der Waals surface area contributed by atoms with E-state index in [1.54, 1.807) is 26.4 Å². The van der Waals surface area contributed by atoms with Crippen molar-refractivity contribution in [2.75, 3.05) is 54.2 Å². The first-order chi connectivity index (χ1) is 11.2. The Morgan fingerprint density at radius 2 is 1.57 bits per heavy atom. The molecule has 23 heavy (non-hydrogen) atoms. The SMILES string of the molecule is COCCOCOc1cc(C=O)cc(I)c1OCOCCOC. The zero-order valence-electron chi connectivity index (χ0n) is 13.2. The molecule has 0 saturated carbocycles. The smallest absolute Gasteiger partial charge is 0.189 e. The summed E-state index contributed by atoms with van der Waals surface area (Å²) in [6, 6.07) is 3.30. The molecular weight excluding hydrogens is 419 g/mol. The standard InChI is InChI=1S/C15H21IO7/c1-18-3-5-20-10-22-14-8-12(9-17)7-13(16)15(14)23-11-21-6-4-19-2/h7-9H,3-6,10-11H2,1-2H3. The molecule has 130 valence electrons. The summed E-state index contributed by atoms with van der Waals surface area (Å²) in [4.78, 5) is 11.0. The second-order valence-corrected chi connectivity index (χ2v) is 5.44. The average Bonchev–Trinajstić information content (AvgIpc) is 2.55. The molecule has 0 aromatic heterocycles. The molecule has 0 N–H and O–H groups in total. The molecule has 0 unspecified atom stereocenters. The second kappa shape index (κ2) is 12.5. The van der Waals surface area contributed by atoms with Gasteiger partial charge in [-0.2, -0.15) is 0 Å². The maximum Gasteiger partial charge on any atom is 0.189 e. The van der Waals surface area contributed by atoms with Gasteiger partial charge in [-0.05, 0) is 34.7 Å². The third-order valence-electron chi connectivity index (χ3n) is 2.62.